The van der Waals surface area contributed by atoms with Crippen molar-refractivity contribution >= 4 is 12.0 Å². The molecule has 2 atom stereocenters. The maximum absolute atomic E-state index is 12.5. The fourth-order valence-electron chi connectivity index (χ4n) is 2.99. The van der Waals surface area contributed by atoms with Crippen LogP contribution in [0.3, 0.4) is 0 Å². The lowest BCUT2D eigenvalue weighted by atomic mass is 9.84. The predicted octanol–water partition coefficient (Wildman–Crippen LogP) is 3.24. The van der Waals surface area contributed by atoms with Crippen LogP contribution in [0.2, 0.25) is 0 Å². The summed E-state index contributed by atoms with van der Waals surface area (Å²) in [7, 11) is 0. The van der Waals surface area contributed by atoms with Crippen LogP contribution < -0.4 is 5.32 Å². The van der Waals surface area contributed by atoms with Gasteiger partial charge in [-0.25, -0.2) is 4.79 Å². The normalized spacial score (nSPS) is 22.7. The maximum atomic E-state index is 12.5. The molecule has 0 aromatic carbocycles. The van der Waals surface area contributed by atoms with Gasteiger partial charge in [-0.1, -0.05) is 26.2 Å². The molecule has 2 N–H and O–H groups in total. The van der Waals surface area contributed by atoms with Crippen LogP contribution in [0.4, 0.5) is 4.79 Å². The van der Waals surface area contributed by atoms with Crippen molar-refractivity contribution in [2.24, 2.45) is 5.92 Å². The van der Waals surface area contributed by atoms with Crippen molar-refractivity contribution in [3.8, 4) is 0 Å². The summed E-state index contributed by atoms with van der Waals surface area (Å²) in [6.45, 7) is 8.25. The fraction of sp³-hybridized carbons (Fsp3) is 0.875. The summed E-state index contributed by atoms with van der Waals surface area (Å²) in [5.41, 5.74) is -0.377. The highest BCUT2D eigenvalue weighted by molar-refractivity contribution is 5.76. The van der Waals surface area contributed by atoms with Gasteiger partial charge in [-0.2, -0.15) is 0 Å². The van der Waals surface area contributed by atoms with Crippen molar-refractivity contribution < 1.29 is 14.7 Å². The van der Waals surface area contributed by atoms with Gasteiger partial charge in [-0.3, -0.25) is 4.79 Å². The monoisotopic (exact) mass is 298 g/mol. The number of rotatable bonds is 5. The highest BCUT2D eigenvalue weighted by atomic mass is 16.4. The second-order valence-electron chi connectivity index (χ2n) is 7.05. The fourth-order valence-corrected chi connectivity index (χ4v) is 2.99. The van der Waals surface area contributed by atoms with E-state index in [-0.39, 0.29) is 30.6 Å². The Morgan fingerprint density at radius 1 is 1.29 bits per heavy atom. The Hall–Kier alpha value is -1.26. The van der Waals surface area contributed by atoms with Gasteiger partial charge in [-0.15, -0.1) is 0 Å². The van der Waals surface area contributed by atoms with E-state index >= 15 is 0 Å². The first-order valence-electron chi connectivity index (χ1n) is 8.04. The van der Waals surface area contributed by atoms with E-state index in [4.69, 9.17) is 5.11 Å². The zero-order chi connectivity index (χ0) is 16.0. The predicted molar refractivity (Wildman–Crippen MR) is 83.3 cm³/mol. The van der Waals surface area contributed by atoms with Gasteiger partial charge in [0, 0.05) is 18.1 Å². The van der Waals surface area contributed by atoms with Crippen LogP contribution in [0.15, 0.2) is 0 Å². The average molecular weight is 298 g/mol. The third-order valence-corrected chi connectivity index (χ3v) is 4.29. The summed E-state index contributed by atoms with van der Waals surface area (Å²) < 4.78 is 0. The minimum absolute atomic E-state index is 0.0209. The van der Waals surface area contributed by atoms with Crippen molar-refractivity contribution in [3.05, 3.63) is 0 Å². The molecule has 0 saturated heterocycles. The van der Waals surface area contributed by atoms with E-state index in [1.165, 1.54) is 6.42 Å². The first kappa shape index (κ1) is 17.8. The maximum Gasteiger partial charge on any atom is 0.318 e. The Bertz CT molecular complexity index is 363. The van der Waals surface area contributed by atoms with Crippen molar-refractivity contribution in [1.29, 1.82) is 0 Å². The third kappa shape index (κ3) is 5.94. The molecule has 0 aromatic rings. The van der Waals surface area contributed by atoms with Crippen LogP contribution >= 0.6 is 0 Å². The Kier molecular flexibility index (Phi) is 6.49. The van der Waals surface area contributed by atoms with Crippen LogP contribution in [0.1, 0.15) is 66.2 Å². The van der Waals surface area contributed by atoms with Gasteiger partial charge < -0.3 is 15.3 Å². The van der Waals surface area contributed by atoms with E-state index in [0.29, 0.717) is 5.92 Å². The molecule has 2 amide bonds. The summed E-state index contributed by atoms with van der Waals surface area (Å²) in [6, 6.07) is 0.0939. The molecule has 21 heavy (non-hydrogen) atoms. The van der Waals surface area contributed by atoms with Gasteiger partial charge >= 0.3 is 12.0 Å². The van der Waals surface area contributed by atoms with Crippen LogP contribution in [0.25, 0.3) is 0 Å². The van der Waals surface area contributed by atoms with E-state index in [9.17, 15) is 9.59 Å². The molecule has 1 aliphatic carbocycles. The minimum atomic E-state index is -0.874. The standard InChI is InChI=1S/C16H30N2O3/c1-5-12-7-6-8-13(11-12)17-15(21)18(16(2,3)4)10-9-14(19)20/h12-13H,5-11H2,1-4H3,(H,17,21)(H,19,20). The van der Waals surface area contributed by atoms with Crippen molar-refractivity contribution in [1.82, 2.24) is 10.2 Å². The summed E-state index contributed by atoms with van der Waals surface area (Å²) in [5.74, 6) is -0.174. The van der Waals surface area contributed by atoms with Gasteiger partial charge in [-0.05, 0) is 39.5 Å². The van der Waals surface area contributed by atoms with Crippen LogP contribution in [-0.2, 0) is 4.79 Å². The number of carboxylic acid groups (broad SMARTS) is 1. The Morgan fingerprint density at radius 2 is 1.95 bits per heavy atom. The molecule has 0 bridgehead atoms. The smallest absolute Gasteiger partial charge is 0.318 e. The molecule has 5 nitrogen and oxygen atoms in total. The molecule has 0 spiro atoms. The first-order chi connectivity index (χ1) is 9.74. The average Bonchev–Trinajstić information content (AvgIpc) is 2.37. The lowest BCUT2D eigenvalue weighted by Crippen LogP contribution is -2.53. The molecule has 122 valence electrons. The first-order valence-corrected chi connectivity index (χ1v) is 8.04. The van der Waals surface area contributed by atoms with Crippen LogP contribution in [-0.4, -0.2) is 40.1 Å². The van der Waals surface area contributed by atoms with Crippen molar-refractivity contribution in [2.75, 3.05) is 6.54 Å². The zero-order valence-electron chi connectivity index (χ0n) is 13.8. The largest absolute Gasteiger partial charge is 0.481 e. The highest BCUT2D eigenvalue weighted by Crippen LogP contribution is 2.27. The number of urea groups is 1. The molecule has 5 heteroatoms. The highest BCUT2D eigenvalue weighted by Gasteiger charge is 2.29. The molecule has 2 unspecified atom stereocenters. The van der Waals surface area contributed by atoms with E-state index in [1.807, 2.05) is 20.8 Å². The molecule has 0 aliphatic heterocycles. The van der Waals surface area contributed by atoms with Crippen LogP contribution in [0, 0.1) is 5.92 Å². The molecule has 0 heterocycles. The van der Waals surface area contributed by atoms with Crippen molar-refractivity contribution in [2.45, 2.75) is 77.8 Å². The molecule has 0 radical (unpaired) electrons. The number of carbonyl (C=O) groups excluding carboxylic acids is 1. The van der Waals surface area contributed by atoms with Gasteiger partial charge in [0.05, 0.1) is 6.42 Å². The number of nitrogens with zero attached hydrogens (tertiary/aromatic N) is 1. The molecule has 1 fully saturated rings. The molecular weight excluding hydrogens is 268 g/mol. The quantitative estimate of drug-likeness (QED) is 0.818. The number of amides is 2. The zero-order valence-corrected chi connectivity index (χ0v) is 13.8. The van der Waals surface area contributed by atoms with Gasteiger partial charge in [0.25, 0.3) is 0 Å². The summed E-state index contributed by atoms with van der Waals surface area (Å²) in [6.07, 6.45) is 5.62. The number of hydrogen-bond donors (Lipinski definition) is 2. The number of carboxylic acids is 1. The lowest BCUT2D eigenvalue weighted by Gasteiger charge is -2.38. The molecule has 0 aromatic heterocycles. The second kappa shape index (κ2) is 7.66. The minimum Gasteiger partial charge on any atom is -0.481 e. The van der Waals surface area contributed by atoms with Gasteiger partial charge in [0.15, 0.2) is 0 Å². The summed E-state index contributed by atoms with van der Waals surface area (Å²) in [4.78, 5) is 24.9. The molecular formula is C16H30N2O3. The number of hydrogen-bond acceptors (Lipinski definition) is 2. The lowest BCUT2D eigenvalue weighted by molar-refractivity contribution is -0.137. The molecule has 1 saturated carbocycles. The van der Waals surface area contributed by atoms with Crippen LogP contribution in [0.5, 0.6) is 0 Å². The Morgan fingerprint density at radius 3 is 2.48 bits per heavy atom. The number of aliphatic carboxylic acids is 1. The van der Waals surface area contributed by atoms with E-state index < -0.39 is 5.97 Å². The van der Waals surface area contributed by atoms with Gasteiger partial charge in [0.2, 0.25) is 0 Å². The SMILES string of the molecule is CCC1CCCC(NC(=O)N(CCC(=O)O)C(C)(C)C)C1. The van der Waals surface area contributed by atoms with E-state index in [2.05, 4.69) is 12.2 Å². The number of nitrogens with one attached hydrogen (secondary N) is 1. The molecule has 1 rings (SSSR count). The Labute approximate surface area is 128 Å². The Balaban J connectivity index is 2.61. The summed E-state index contributed by atoms with van der Waals surface area (Å²) in [5, 5.41) is 11.9. The topological polar surface area (TPSA) is 69.6 Å². The van der Waals surface area contributed by atoms with Gasteiger partial charge in [0.1, 0.15) is 0 Å². The molecule has 1 aliphatic rings. The van der Waals surface area contributed by atoms with E-state index in [1.54, 1.807) is 4.90 Å². The third-order valence-electron chi connectivity index (χ3n) is 4.29. The second-order valence-corrected chi connectivity index (χ2v) is 7.05. The van der Waals surface area contributed by atoms with Crippen molar-refractivity contribution in [3.63, 3.8) is 0 Å². The van der Waals surface area contributed by atoms with E-state index in [0.717, 1.165) is 25.7 Å². The summed E-state index contributed by atoms with van der Waals surface area (Å²) >= 11 is 0. The number of carbonyl (C=O) groups is 2.